The van der Waals surface area contributed by atoms with Gasteiger partial charge in [0.15, 0.2) is 0 Å². The van der Waals surface area contributed by atoms with Gasteiger partial charge in [0.1, 0.15) is 0 Å². The first-order chi connectivity index (χ1) is 9.10. The van der Waals surface area contributed by atoms with Crippen molar-refractivity contribution in [3.63, 3.8) is 0 Å². The molecule has 0 bridgehead atoms. The van der Waals surface area contributed by atoms with Gasteiger partial charge in [-0.3, -0.25) is 0 Å². The number of nitrogens with one attached hydrogen (secondary N) is 2. The maximum atomic E-state index is 12.1. The molecule has 1 saturated heterocycles. The molecule has 1 heterocycles. The summed E-state index contributed by atoms with van der Waals surface area (Å²) in [6, 6.07) is 0. The highest BCUT2D eigenvalue weighted by molar-refractivity contribution is 7.98. The molecule has 19 heavy (non-hydrogen) atoms. The van der Waals surface area contributed by atoms with E-state index in [0.717, 1.165) is 38.1 Å². The zero-order valence-corrected chi connectivity index (χ0v) is 13.7. The summed E-state index contributed by atoms with van der Waals surface area (Å²) < 4.78 is 28.5. The molecule has 1 aliphatic rings. The van der Waals surface area contributed by atoms with Crippen molar-refractivity contribution in [1.29, 1.82) is 0 Å². The fourth-order valence-corrected chi connectivity index (χ4v) is 4.01. The van der Waals surface area contributed by atoms with Gasteiger partial charge in [-0.2, -0.15) is 24.5 Å². The topological polar surface area (TPSA) is 61.4 Å². The molecule has 0 amide bonds. The van der Waals surface area contributed by atoms with Crippen LogP contribution in [0.3, 0.4) is 0 Å². The first-order valence-corrected chi connectivity index (χ1v) is 9.88. The third-order valence-electron chi connectivity index (χ3n) is 3.27. The van der Waals surface area contributed by atoms with Crippen molar-refractivity contribution in [3.8, 4) is 0 Å². The van der Waals surface area contributed by atoms with E-state index in [4.69, 9.17) is 0 Å². The van der Waals surface area contributed by atoms with Crippen LogP contribution < -0.4 is 10.0 Å². The number of thioether (sulfide) groups is 1. The molecule has 0 aromatic heterocycles. The summed E-state index contributed by atoms with van der Waals surface area (Å²) in [6.07, 6.45) is 5.17. The highest BCUT2D eigenvalue weighted by atomic mass is 32.2. The van der Waals surface area contributed by atoms with E-state index in [0.29, 0.717) is 25.6 Å². The molecule has 1 rings (SSSR count). The third-order valence-corrected chi connectivity index (χ3v) is 5.46. The van der Waals surface area contributed by atoms with Crippen molar-refractivity contribution in [3.05, 3.63) is 0 Å². The van der Waals surface area contributed by atoms with E-state index in [1.807, 2.05) is 6.26 Å². The van der Waals surface area contributed by atoms with Gasteiger partial charge >= 0.3 is 0 Å². The van der Waals surface area contributed by atoms with Crippen LogP contribution >= 0.6 is 11.8 Å². The lowest BCUT2D eigenvalue weighted by molar-refractivity contribution is 0.258. The van der Waals surface area contributed by atoms with E-state index in [2.05, 4.69) is 17.0 Å². The van der Waals surface area contributed by atoms with E-state index in [1.165, 1.54) is 0 Å². The van der Waals surface area contributed by atoms with E-state index < -0.39 is 10.2 Å². The minimum Gasteiger partial charge on any atom is -0.316 e. The summed E-state index contributed by atoms with van der Waals surface area (Å²) in [5.41, 5.74) is 0. The van der Waals surface area contributed by atoms with Crippen molar-refractivity contribution in [2.45, 2.75) is 26.2 Å². The molecule has 114 valence electrons. The zero-order valence-electron chi connectivity index (χ0n) is 12.0. The van der Waals surface area contributed by atoms with Crippen LogP contribution in [0.5, 0.6) is 0 Å². The molecule has 5 nitrogen and oxygen atoms in total. The number of rotatable bonds is 9. The second-order valence-electron chi connectivity index (χ2n) is 4.96. The Bertz CT molecular complexity index is 336. The molecule has 2 N–H and O–H groups in total. The monoisotopic (exact) mass is 309 g/mol. The number of nitrogens with zero attached hydrogens (tertiary/aromatic N) is 1. The average molecular weight is 310 g/mol. The summed E-state index contributed by atoms with van der Waals surface area (Å²) in [7, 11) is -3.28. The molecule has 0 spiro atoms. The molecule has 0 radical (unpaired) electrons. The Hall–Kier alpha value is 0.180. The summed E-state index contributed by atoms with van der Waals surface area (Å²) in [6.45, 7) is 5.88. The zero-order chi connectivity index (χ0) is 14.1. The van der Waals surface area contributed by atoms with E-state index in [1.54, 1.807) is 16.1 Å². The van der Waals surface area contributed by atoms with Gasteiger partial charge in [0.05, 0.1) is 0 Å². The summed E-state index contributed by atoms with van der Waals surface area (Å²) in [5.74, 6) is 1.26. The molecule has 0 aromatic rings. The molecule has 7 heteroatoms. The van der Waals surface area contributed by atoms with Crippen LogP contribution in [0.15, 0.2) is 0 Å². The molecule has 0 aromatic carbocycles. The maximum absolute atomic E-state index is 12.1. The maximum Gasteiger partial charge on any atom is 0.279 e. The van der Waals surface area contributed by atoms with E-state index in [9.17, 15) is 8.42 Å². The molecule has 1 unspecified atom stereocenters. The van der Waals surface area contributed by atoms with Gasteiger partial charge in [-0.25, -0.2) is 4.72 Å². The fourth-order valence-electron chi connectivity index (χ4n) is 2.26. The highest BCUT2D eigenvalue weighted by Gasteiger charge is 2.28. The SMILES string of the molecule is CCCNCC1CCCN(S(=O)(=O)NCCSC)C1. The lowest BCUT2D eigenvalue weighted by atomic mass is 10.00. The fraction of sp³-hybridized carbons (Fsp3) is 1.00. The number of piperidine rings is 1. The largest absolute Gasteiger partial charge is 0.316 e. The van der Waals surface area contributed by atoms with Gasteiger partial charge in [-0.05, 0) is 44.5 Å². The smallest absolute Gasteiger partial charge is 0.279 e. The first-order valence-electron chi connectivity index (χ1n) is 7.04. The predicted molar refractivity (Wildman–Crippen MR) is 82.8 cm³/mol. The molecule has 1 atom stereocenters. The highest BCUT2D eigenvalue weighted by Crippen LogP contribution is 2.17. The van der Waals surface area contributed by atoms with Crippen LogP contribution in [-0.4, -0.2) is 57.5 Å². The van der Waals surface area contributed by atoms with Crippen molar-refractivity contribution in [2.24, 2.45) is 5.92 Å². The lowest BCUT2D eigenvalue weighted by Crippen LogP contribution is -2.48. The Morgan fingerprint density at radius 1 is 1.37 bits per heavy atom. The van der Waals surface area contributed by atoms with Gasteiger partial charge in [0.25, 0.3) is 10.2 Å². The third kappa shape index (κ3) is 6.44. The van der Waals surface area contributed by atoms with Crippen LogP contribution in [-0.2, 0) is 10.2 Å². The second-order valence-corrected chi connectivity index (χ2v) is 7.70. The Labute approximate surface area is 122 Å². The quantitative estimate of drug-likeness (QED) is 0.621. The van der Waals surface area contributed by atoms with Crippen molar-refractivity contribution < 1.29 is 8.42 Å². The number of hydrogen-bond donors (Lipinski definition) is 2. The molecular weight excluding hydrogens is 282 g/mol. The second kappa shape index (κ2) is 9.18. The average Bonchev–Trinajstić information content (AvgIpc) is 2.40. The Morgan fingerprint density at radius 2 is 2.16 bits per heavy atom. The summed E-state index contributed by atoms with van der Waals surface area (Å²) in [4.78, 5) is 0. The Kier molecular flexibility index (Phi) is 8.32. The molecule has 0 saturated carbocycles. The van der Waals surface area contributed by atoms with Crippen molar-refractivity contribution in [2.75, 3.05) is 44.7 Å². The van der Waals surface area contributed by atoms with Crippen LogP contribution in [0.25, 0.3) is 0 Å². The Balaban J connectivity index is 2.39. The number of hydrogen-bond acceptors (Lipinski definition) is 4. The lowest BCUT2D eigenvalue weighted by Gasteiger charge is -2.32. The molecular formula is C12H27N3O2S2. The van der Waals surface area contributed by atoms with Gasteiger partial charge in [-0.1, -0.05) is 6.92 Å². The summed E-state index contributed by atoms with van der Waals surface area (Å²) >= 11 is 1.65. The van der Waals surface area contributed by atoms with Crippen LogP contribution in [0.4, 0.5) is 0 Å². The van der Waals surface area contributed by atoms with Crippen LogP contribution in [0.1, 0.15) is 26.2 Å². The van der Waals surface area contributed by atoms with Gasteiger partial charge in [0.2, 0.25) is 0 Å². The molecule has 0 aliphatic carbocycles. The van der Waals surface area contributed by atoms with E-state index in [-0.39, 0.29) is 0 Å². The standard InChI is InChI=1S/C12H27N3O2S2/c1-3-6-13-10-12-5-4-8-15(11-12)19(16,17)14-7-9-18-2/h12-14H,3-11H2,1-2H3. The van der Waals surface area contributed by atoms with Crippen LogP contribution in [0.2, 0.25) is 0 Å². The van der Waals surface area contributed by atoms with E-state index >= 15 is 0 Å². The molecule has 1 fully saturated rings. The molecule has 1 aliphatic heterocycles. The van der Waals surface area contributed by atoms with Crippen molar-refractivity contribution >= 4 is 22.0 Å². The van der Waals surface area contributed by atoms with Crippen LogP contribution in [0, 0.1) is 5.92 Å². The first kappa shape index (κ1) is 17.2. The normalized spacial score (nSPS) is 21.7. The van der Waals surface area contributed by atoms with Gasteiger partial charge in [-0.15, -0.1) is 0 Å². The summed E-state index contributed by atoms with van der Waals surface area (Å²) in [5, 5.41) is 3.38. The van der Waals surface area contributed by atoms with Crippen molar-refractivity contribution in [1.82, 2.24) is 14.3 Å². The van der Waals surface area contributed by atoms with Gasteiger partial charge in [0, 0.05) is 25.4 Å². The predicted octanol–water partition coefficient (Wildman–Crippen LogP) is 0.895. The Morgan fingerprint density at radius 3 is 2.84 bits per heavy atom. The minimum absolute atomic E-state index is 0.442. The minimum atomic E-state index is -3.28. The van der Waals surface area contributed by atoms with Gasteiger partial charge < -0.3 is 5.32 Å².